The second-order valence-corrected chi connectivity index (χ2v) is 7.69. The Morgan fingerprint density at radius 1 is 0.900 bits per heavy atom. The van der Waals surface area contributed by atoms with Crippen LogP contribution in [-0.2, 0) is 0 Å². The van der Waals surface area contributed by atoms with E-state index in [0.29, 0.717) is 39.3 Å². The van der Waals surface area contributed by atoms with Gasteiger partial charge in [0.15, 0.2) is 0 Å². The molecule has 2 amide bonds. The Morgan fingerprint density at radius 3 is 2.37 bits per heavy atom. The van der Waals surface area contributed by atoms with Crippen molar-refractivity contribution < 1.29 is 14.3 Å². The number of ether oxygens (including phenoxy) is 1. The molecule has 0 unspecified atom stereocenters. The van der Waals surface area contributed by atoms with Crippen LogP contribution in [0.5, 0.6) is 5.75 Å². The van der Waals surface area contributed by atoms with Crippen molar-refractivity contribution in [2.75, 3.05) is 17.2 Å². The van der Waals surface area contributed by atoms with Gasteiger partial charge in [0, 0.05) is 11.3 Å². The highest BCUT2D eigenvalue weighted by atomic mass is 79.9. The third-order valence-corrected chi connectivity index (χ3v) is 5.30. The minimum atomic E-state index is -0.315. The van der Waals surface area contributed by atoms with Gasteiger partial charge in [-0.2, -0.15) is 0 Å². The first-order chi connectivity index (χ1) is 14.4. The Hall–Kier alpha value is -3.12. The molecule has 0 heterocycles. The van der Waals surface area contributed by atoms with Crippen molar-refractivity contribution in [3.63, 3.8) is 0 Å². The molecule has 0 radical (unpaired) electrons. The van der Waals surface area contributed by atoms with Crippen molar-refractivity contribution in [1.29, 1.82) is 0 Å². The summed E-state index contributed by atoms with van der Waals surface area (Å²) in [7, 11) is 0. The zero-order valence-electron chi connectivity index (χ0n) is 17.1. The van der Waals surface area contributed by atoms with Gasteiger partial charge < -0.3 is 15.4 Å². The fourth-order valence-electron chi connectivity index (χ4n) is 2.92. The molecule has 0 aliphatic rings. The van der Waals surface area contributed by atoms with Crippen LogP contribution in [-0.4, -0.2) is 18.4 Å². The molecule has 3 aromatic carbocycles. The van der Waals surface area contributed by atoms with Gasteiger partial charge in [0.1, 0.15) is 5.75 Å². The van der Waals surface area contributed by atoms with Crippen LogP contribution in [0.2, 0.25) is 0 Å². The topological polar surface area (TPSA) is 67.4 Å². The summed E-state index contributed by atoms with van der Waals surface area (Å²) >= 11 is 3.42. The normalized spacial score (nSPS) is 10.4. The first-order valence-electron chi connectivity index (χ1n) is 9.60. The highest BCUT2D eigenvalue weighted by Gasteiger charge is 2.15. The van der Waals surface area contributed by atoms with Gasteiger partial charge in [0.25, 0.3) is 11.8 Å². The number of benzene rings is 3. The maximum absolute atomic E-state index is 12.8. The number of aryl methyl sites for hydroxylation is 2. The van der Waals surface area contributed by atoms with Crippen LogP contribution < -0.4 is 15.4 Å². The Labute approximate surface area is 184 Å². The average Bonchev–Trinajstić information content (AvgIpc) is 2.72. The third kappa shape index (κ3) is 5.07. The summed E-state index contributed by atoms with van der Waals surface area (Å²) < 4.78 is 6.17. The van der Waals surface area contributed by atoms with Gasteiger partial charge in [0.05, 0.1) is 22.3 Å². The van der Waals surface area contributed by atoms with Gasteiger partial charge in [-0.1, -0.05) is 18.2 Å². The van der Waals surface area contributed by atoms with E-state index in [0.717, 1.165) is 11.1 Å². The van der Waals surface area contributed by atoms with E-state index in [9.17, 15) is 9.59 Å². The summed E-state index contributed by atoms with van der Waals surface area (Å²) in [5, 5.41) is 5.73. The van der Waals surface area contributed by atoms with Crippen LogP contribution in [0.25, 0.3) is 0 Å². The molecule has 30 heavy (non-hydrogen) atoms. The van der Waals surface area contributed by atoms with Crippen molar-refractivity contribution in [2.24, 2.45) is 0 Å². The molecule has 154 valence electrons. The molecule has 6 heteroatoms. The largest absolute Gasteiger partial charge is 0.493 e. The van der Waals surface area contributed by atoms with Gasteiger partial charge in [-0.15, -0.1) is 0 Å². The number of nitrogens with one attached hydrogen (secondary N) is 2. The summed E-state index contributed by atoms with van der Waals surface area (Å²) in [5.41, 5.74) is 4.23. The van der Waals surface area contributed by atoms with Crippen molar-refractivity contribution in [3.05, 3.63) is 87.4 Å². The lowest BCUT2D eigenvalue weighted by atomic mass is 10.1. The number of amides is 2. The fraction of sp³-hybridized carbons (Fsp3) is 0.167. The predicted octanol–water partition coefficient (Wildman–Crippen LogP) is 5.97. The molecule has 0 bridgehead atoms. The monoisotopic (exact) mass is 466 g/mol. The Morgan fingerprint density at radius 2 is 1.67 bits per heavy atom. The molecule has 0 fully saturated rings. The lowest BCUT2D eigenvalue weighted by molar-refractivity contribution is 0.102. The summed E-state index contributed by atoms with van der Waals surface area (Å²) in [5.74, 6) is 0.0643. The summed E-state index contributed by atoms with van der Waals surface area (Å²) in [6, 6.07) is 17.8. The SMILES string of the molecule is CCOc1ccc(C(=O)Nc2ccccc2C(=O)Nc2ccc(C)c(C)c2)cc1Br. The fourth-order valence-corrected chi connectivity index (χ4v) is 3.41. The number of halogens is 1. The van der Waals surface area contributed by atoms with Gasteiger partial charge >= 0.3 is 0 Å². The molecule has 3 rings (SSSR count). The van der Waals surface area contributed by atoms with Gasteiger partial charge in [0.2, 0.25) is 0 Å². The molecule has 0 saturated heterocycles. The van der Waals surface area contributed by atoms with Crippen molar-refractivity contribution in [2.45, 2.75) is 20.8 Å². The average molecular weight is 467 g/mol. The molecule has 0 saturated carbocycles. The predicted molar refractivity (Wildman–Crippen MR) is 124 cm³/mol. The van der Waals surface area contributed by atoms with E-state index in [1.165, 1.54) is 0 Å². The van der Waals surface area contributed by atoms with E-state index < -0.39 is 0 Å². The Balaban J connectivity index is 1.79. The minimum Gasteiger partial charge on any atom is -0.493 e. The number of hydrogen-bond acceptors (Lipinski definition) is 3. The molecule has 0 spiro atoms. The molecule has 0 aliphatic heterocycles. The summed E-state index contributed by atoms with van der Waals surface area (Å²) in [4.78, 5) is 25.6. The smallest absolute Gasteiger partial charge is 0.257 e. The molecule has 0 aliphatic carbocycles. The van der Waals surface area contributed by atoms with Crippen LogP contribution in [0.3, 0.4) is 0 Å². The molecule has 2 N–H and O–H groups in total. The van der Waals surface area contributed by atoms with Crippen LogP contribution in [0.1, 0.15) is 38.8 Å². The molecule has 0 aromatic heterocycles. The highest BCUT2D eigenvalue weighted by Crippen LogP contribution is 2.27. The van der Waals surface area contributed by atoms with Crippen molar-refractivity contribution >= 4 is 39.1 Å². The van der Waals surface area contributed by atoms with Crippen molar-refractivity contribution in [3.8, 4) is 5.75 Å². The number of rotatable bonds is 6. The van der Waals surface area contributed by atoms with E-state index in [4.69, 9.17) is 4.74 Å². The number of hydrogen-bond donors (Lipinski definition) is 2. The molecule has 5 nitrogen and oxygen atoms in total. The lowest BCUT2D eigenvalue weighted by Crippen LogP contribution is -2.18. The Bertz CT molecular complexity index is 1100. The highest BCUT2D eigenvalue weighted by molar-refractivity contribution is 9.10. The van der Waals surface area contributed by atoms with E-state index >= 15 is 0 Å². The van der Waals surface area contributed by atoms with Crippen molar-refractivity contribution in [1.82, 2.24) is 0 Å². The Kier molecular flexibility index (Phi) is 6.90. The molecular formula is C24H23BrN2O3. The second-order valence-electron chi connectivity index (χ2n) is 6.83. The maximum Gasteiger partial charge on any atom is 0.257 e. The van der Waals surface area contributed by atoms with Crippen LogP contribution >= 0.6 is 15.9 Å². The molecular weight excluding hydrogens is 444 g/mol. The van der Waals surface area contributed by atoms with E-state index in [-0.39, 0.29) is 11.8 Å². The molecule has 3 aromatic rings. The quantitative estimate of drug-likeness (QED) is 0.470. The number of carbonyl (C=O) groups is 2. The summed E-state index contributed by atoms with van der Waals surface area (Å²) in [6.07, 6.45) is 0. The lowest BCUT2D eigenvalue weighted by Gasteiger charge is -2.13. The first-order valence-corrected chi connectivity index (χ1v) is 10.4. The standard InChI is InChI=1S/C24H23BrN2O3/c1-4-30-22-12-10-17(14-20(22)25)23(28)27-21-8-6-5-7-19(21)24(29)26-18-11-9-15(2)16(3)13-18/h5-14H,4H2,1-3H3,(H,26,29)(H,27,28). The van der Waals surface area contributed by atoms with Gasteiger partial charge in [-0.05, 0) is 90.3 Å². The minimum absolute atomic E-state index is 0.290. The maximum atomic E-state index is 12.8. The van der Waals surface area contributed by atoms with Gasteiger partial charge in [-0.3, -0.25) is 9.59 Å². The number of para-hydroxylation sites is 1. The van der Waals surface area contributed by atoms with E-state index in [2.05, 4.69) is 26.6 Å². The molecule has 0 atom stereocenters. The first kappa shape index (κ1) is 21.6. The number of carbonyl (C=O) groups excluding carboxylic acids is 2. The van der Waals surface area contributed by atoms with E-state index in [1.807, 2.05) is 39.0 Å². The van der Waals surface area contributed by atoms with Crippen LogP contribution in [0, 0.1) is 13.8 Å². The third-order valence-electron chi connectivity index (χ3n) is 4.68. The van der Waals surface area contributed by atoms with Crippen LogP contribution in [0.15, 0.2) is 65.1 Å². The van der Waals surface area contributed by atoms with Crippen LogP contribution in [0.4, 0.5) is 11.4 Å². The van der Waals surface area contributed by atoms with E-state index in [1.54, 1.807) is 42.5 Å². The second kappa shape index (κ2) is 9.59. The summed E-state index contributed by atoms with van der Waals surface area (Å²) in [6.45, 7) is 6.44. The zero-order valence-corrected chi connectivity index (χ0v) is 18.7. The number of anilines is 2. The zero-order chi connectivity index (χ0) is 21.7. The van der Waals surface area contributed by atoms with Gasteiger partial charge in [-0.25, -0.2) is 0 Å².